The van der Waals surface area contributed by atoms with Crippen molar-refractivity contribution in [2.45, 2.75) is 20.3 Å². The zero-order valence-corrected chi connectivity index (χ0v) is 8.54. The largest absolute Gasteiger partial charge is 0.481 e. The molecule has 4 heteroatoms. The van der Waals surface area contributed by atoms with Crippen molar-refractivity contribution in [3.63, 3.8) is 0 Å². The predicted molar refractivity (Wildman–Crippen MR) is 51.8 cm³/mol. The molecular weight excluding hydrogens is 186 g/mol. The van der Waals surface area contributed by atoms with Crippen LogP contribution in [0.15, 0.2) is 11.7 Å². The number of nitrogens with zero attached hydrogens (tertiary/aromatic N) is 1. The summed E-state index contributed by atoms with van der Waals surface area (Å²) in [6.45, 7) is 3.86. The molecule has 1 aromatic rings. The molecule has 0 aromatic carbocycles. The first-order valence-electron chi connectivity index (χ1n) is 4.21. The maximum absolute atomic E-state index is 10.9. The SMILES string of the molecule is CC(C)C(Cc1cncs1)C(=O)O. The number of carbonyl (C=O) groups is 1. The van der Waals surface area contributed by atoms with Gasteiger partial charge in [0.15, 0.2) is 0 Å². The minimum atomic E-state index is -0.719. The number of hydrogen-bond donors (Lipinski definition) is 1. The van der Waals surface area contributed by atoms with E-state index in [0.29, 0.717) is 6.42 Å². The highest BCUT2D eigenvalue weighted by Crippen LogP contribution is 2.19. The van der Waals surface area contributed by atoms with Crippen molar-refractivity contribution in [2.75, 3.05) is 0 Å². The maximum atomic E-state index is 10.9. The monoisotopic (exact) mass is 199 g/mol. The van der Waals surface area contributed by atoms with E-state index in [2.05, 4.69) is 4.98 Å². The highest BCUT2D eigenvalue weighted by atomic mass is 32.1. The Hall–Kier alpha value is -0.900. The minimum Gasteiger partial charge on any atom is -0.481 e. The molecule has 0 aliphatic carbocycles. The van der Waals surface area contributed by atoms with Crippen LogP contribution in [0, 0.1) is 11.8 Å². The summed E-state index contributed by atoms with van der Waals surface area (Å²) in [5.74, 6) is -0.844. The molecule has 13 heavy (non-hydrogen) atoms. The van der Waals surface area contributed by atoms with Gasteiger partial charge in [0, 0.05) is 11.1 Å². The van der Waals surface area contributed by atoms with Crippen molar-refractivity contribution in [1.82, 2.24) is 4.98 Å². The van der Waals surface area contributed by atoms with Gasteiger partial charge in [-0.15, -0.1) is 11.3 Å². The third-order valence-electron chi connectivity index (χ3n) is 2.03. The maximum Gasteiger partial charge on any atom is 0.307 e. The van der Waals surface area contributed by atoms with Crippen LogP contribution >= 0.6 is 11.3 Å². The average molecular weight is 199 g/mol. The molecule has 1 unspecified atom stereocenters. The number of aromatic nitrogens is 1. The zero-order chi connectivity index (χ0) is 9.84. The van der Waals surface area contributed by atoms with E-state index in [4.69, 9.17) is 5.11 Å². The first-order valence-corrected chi connectivity index (χ1v) is 5.09. The first-order chi connectivity index (χ1) is 6.11. The lowest BCUT2D eigenvalue weighted by Crippen LogP contribution is -2.21. The minimum absolute atomic E-state index is 0.166. The van der Waals surface area contributed by atoms with Gasteiger partial charge in [-0.2, -0.15) is 0 Å². The van der Waals surface area contributed by atoms with E-state index in [-0.39, 0.29) is 11.8 Å². The summed E-state index contributed by atoms with van der Waals surface area (Å²) >= 11 is 1.51. The Labute approximate surface area is 81.4 Å². The van der Waals surface area contributed by atoms with Crippen LogP contribution in [0.3, 0.4) is 0 Å². The zero-order valence-electron chi connectivity index (χ0n) is 7.73. The molecule has 0 radical (unpaired) electrons. The van der Waals surface area contributed by atoms with Crippen molar-refractivity contribution < 1.29 is 9.90 Å². The summed E-state index contributed by atoms with van der Waals surface area (Å²) in [5.41, 5.74) is 1.73. The Morgan fingerprint density at radius 3 is 2.77 bits per heavy atom. The molecule has 0 bridgehead atoms. The molecule has 1 rings (SSSR count). The predicted octanol–water partition coefficient (Wildman–Crippen LogP) is 2.04. The second-order valence-corrected chi connectivity index (χ2v) is 4.33. The molecule has 0 spiro atoms. The van der Waals surface area contributed by atoms with Gasteiger partial charge in [0.25, 0.3) is 0 Å². The van der Waals surface area contributed by atoms with Crippen molar-refractivity contribution in [2.24, 2.45) is 11.8 Å². The van der Waals surface area contributed by atoms with E-state index in [1.807, 2.05) is 13.8 Å². The Morgan fingerprint density at radius 2 is 2.38 bits per heavy atom. The second kappa shape index (κ2) is 4.37. The van der Waals surface area contributed by atoms with Crippen molar-refractivity contribution in [3.8, 4) is 0 Å². The fraction of sp³-hybridized carbons (Fsp3) is 0.556. The van der Waals surface area contributed by atoms with Crippen LogP contribution in [0.2, 0.25) is 0 Å². The average Bonchev–Trinajstić information content (AvgIpc) is 2.50. The highest BCUT2D eigenvalue weighted by Gasteiger charge is 2.22. The van der Waals surface area contributed by atoms with Crippen LogP contribution in [-0.4, -0.2) is 16.1 Å². The van der Waals surface area contributed by atoms with Gasteiger partial charge in [-0.05, 0) is 12.3 Å². The standard InChI is InChI=1S/C9H13NO2S/c1-6(2)8(9(11)12)3-7-4-10-5-13-7/h4-6,8H,3H2,1-2H3,(H,11,12). The van der Waals surface area contributed by atoms with Gasteiger partial charge in [0.2, 0.25) is 0 Å². The Balaban J connectivity index is 2.63. The number of hydrogen-bond acceptors (Lipinski definition) is 3. The molecular formula is C9H13NO2S. The van der Waals surface area contributed by atoms with Crippen LogP contribution in [-0.2, 0) is 11.2 Å². The topological polar surface area (TPSA) is 50.2 Å². The fourth-order valence-corrected chi connectivity index (χ4v) is 1.82. The van der Waals surface area contributed by atoms with Crippen molar-refractivity contribution in [1.29, 1.82) is 0 Å². The molecule has 1 aromatic heterocycles. The molecule has 1 N–H and O–H groups in total. The van der Waals surface area contributed by atoms with Gasteiger partial charge in [-0.3, -0.25) is 9.78 Å². The molecule has 0 aliphatic rings. The van der Waals surface area contributed by atoms with Crippen LogP contribution in [0.1, 0.15) is 18.7 Å². The summed E-state index contributed by atoms with van der Waals surface area (Å²) in [5, 5.41) is 8.93. The Bertz CT molecular complexity index is 269. The molecule has 0 saturated carbocycles. The highest BCUT2D eigenvalue weighted by molar-refractivity contribution is 7.09. The lowest BCUT2D eigenvalue weighted by Gasteiger charge is -2.14. The number of rotatable bonds is 4. The van der Waals surface area contributed by atoms with Gasteiger partial charge in [-0.25, -0.2) is 0 Å². The van der Waals surface area contributed by atoms with Crippen LogP contribution in [0.5, 0.6) is 0 Å². The van der Waals surface area contributed by atoms with Gasteiger partial charge < -0.3 is 5.11 Å². The van der Waals surface area contributed by atoms with Crippen LogP contribution < -0.4 is 0 Å². The van der Waals surface area contributed by atoms with Gasteiger partial charge in [0.1, 0.15) is 0 Å². The molecule has 1 heterocycles. The van der Waals surface area contributed by atoms with E-state index >= 15 is 0 Å². The molecule has 0 aliphatic heterocycles. The van der Waals surface area contributed by atoms with Gasteiger partial charge in [-0.1, -0.05) is 13.8 Å². The van der Waals surface area contributed by atoms with E-state index in [1.54, 1.807) is 11.7 Å². The Morgan fingerprint density at radius 1 is 1.69 bits per heavy atom. The molecule has 1 atom stereocenters. The fourth-order valence-electron chi connectivity index (χ4n) is 1.17. The summed E-state index contributed by atoms with van der Waals surface area (Å²) in [6.07, 6.45) is 2.33. The lowest BCUT2D eigenvalue weighted by atomic mass is 9.92. The molecule has 0 saturated heterocycles. The second-order valence-electron chi connectivity index (χ2n) is 3.36. The smallest absolute Gasteiger partial charge is 0.307 e. The summed E-state index contributed by atoms with van der Waals surface area (Å²) in [7, 11) is 0. The van der Waals surface area contributed by atoms with Crippen LogP contribution in [0.25, 0.3) is 0 Å². The number of carboxylic acid groups (broad SMARTS) is 1. The van der Waals surface area contributed by atoms with Crippen LogP contribution in [0.4, 0.5) is 0 Å². The number of aliphatic carboxylic acids is 1. The quantitative estimate of drug-likeness (QED) is 0.807. The molecule has 72 valence electrons. The lowest BCUT2D eigenvalue weighted by molar-refractivity contribution is -0.143. The third kappa shape index (κ3) is 2.81. The number of carboxylic acids is 1. The van der Waals surface area contributed by atoms with Crippen molar-refractivity contribution in [3.05, 3.63) is 16.6 Å². The summed E-state index contributed by atoms with van der Waals surface area (Å²) < 4.78 is 0. The van der Waals surface area contributed by atoms with E-state index in [1.165, 1.54) is 11.3 Å². The molecule has 0 fully saturated rings. The normalized spacial score (nSPS) is 13.2. The van der Waals surface area contributed by atoms with E-state index in [0.717, 1.165) is 4.88 Å². The first kappa shape index (κ1) is 10.2. The Kier molecular flexibility index (Phi) is 3.42. The van der Waals surface area contributed by atoms with Gasteiger partial charge in [0.05, 0.1) is 11.4 Å². The van der Waals surface area contributed by atoms with Crippen molar-refractivity contribution >= 4 is 17.3 Å². The molecule has 3 nitrogen and oxygen atoms in total. The third-order valence-corrected chi connectivity index (χ3v) is 2.83. The van der Waals surface area contributed by atoms with Gasteiger partial charge >= 0.3 is 5.97 Å². The summed E-state index contributed by atoms with van der Waals surface area (Å²) in [6, 6.07) is 0. The van der Waals surface area contributed by atoms with E-state index < -0.39 is 5.97 Å². The molecule has 0 amide bonds. The number of thiazole rings is 1. The summed E-state index contributed by atoms with van der Waals surface area (Å²) in [4.78, 5) is 15.8. The van der Waals surface area contributed by atoms with E-state index in [9.17, 15) is 4.79 Å².